The highest BCUT2D eigenvalue weighted by molar-refractivity contribution is 7.26. The van der Waals surface area contributed by atoms with Crippen molar-refractivity contribution in [3.63, 3.8) is 0 Å². The molecular weight excluding hydrogens is 691 g/mol. The SMILES string of the molecule is c1ccc(-c2ncc3cc(-n4c5ccccc5c5cc6c(cc54)sc4cc5c(cc46)c4ccc(-c6ccncc6)cc4n5-c4ccccc4)ccc3n2)cc1. The molecule has 5 aromatic heterocycles. The number of hydrogen-bond acceptors (Lipinski definition) is 4. The lowest BCUT2D eigenvalue weighted by atomic mass is 10.0. The Bertz CT molecular complexity index is 3470. The topological polar surface area (TPSA) is 48.5 Å². The molecule has 0 amide bonds. The van der Waals surface area contributed by atoms with E-state index in [9.17, 15) is 0 Å². The first-order valence-electron chi connectivity index (χ1n) is 18.4. The molecule has 55 heavy (non-hydrogen) atoms. The zero-order chi connectivity index (χ0) is 36.0. The molecule has 5 heterocycles. The van der Waals surface area contributed by atoms with Crippen molar-refractivity contribution in [1.82, 2.24) is 24.1 Å². The molecule has 0 bridgehead atoms. The molecule has 0 saturated carbocycles. The van der Waals surface area contributed by atoms with E-state index < -0.39 is 0 Å². The van der Waals surface area contributed by atoms with Gasteiger partial charge in [-0.1, -0.05) is 78.9 Å². The first kappa shape index (κ1) is 30.3. The Morgan fingerprint density at radius 1 is 0.418 bits per heavy atom. The van der Waals surface area contributed by atoms with Crippen LogP contribution in [0, 0.1) is 0 Å². The molecule has 7 aromatic carbocycles. The lowest BCUT2D eigenvalue weighted by Gasteiger charge is -2.10. The van der Waals surface area contributed by atoms with Gasteiger partial charge in [-0.15, -0.1) is 11.3 Å². The molecule has 0 aliphatic heterocycles. The number of pyridine rings is 1. The van der Waals surface area contributed by atoms with E-state index in [0.717, 1.165) is 39.2 Å². The Morgan fingerprint density at radius 2 is 1.07 bits per heavy atom. The van der Waals surface area contributed by atoms with Gasteiger partial charge >= 0.3 is 0 Å². The summed E-state index contributed by atoms with van der Waals surface area (Å²) < 4.78 is 7.36. The Labute approximate surface area is 319 Å². The largest absolute Gasteiger partial charge is 0.309 e. The second kappa shape index (κ2) is 11.7. The standard InChI is InChI=1S/C49H29N5S/c1-3-9-31(10-4-1)49-51-29-33-23-35(16-18-42(33)52-49)54-43-14-8-7-13-36(43)38-25-40-41-26-39-37-17-15-32(30-19-21-50-22-20-30)24-44(37)53(34-11-5-2-6-12-34)45(39)27-47(41)55-48(40)28-46(38)54/h1-29H. The van der Waals surface area contributed by atoms with Gasteiger partial charge in [0.05, 0.1) is 27.6 Å². The second-order valence-electron chi connectivity index (χ2n) is 14.1. The minimum atomic E-state index is 0.737. The van der Waals surface area contributed by atoms with E-state index in [1.165, 1.54) is 69.3 Å². The number of para-hydroxylation sites is 2. The van der Waals surface area contributed by atoms with Gasteiger partial charge in [-0.25, -0.2) is 9.97 Å². The fraction of sp³-hybridized carbons (Fsp3) is 0. The Hall–Kier alpha value is -7.15. The number of hydrogen-bond donors (Lipinski definition) is 0. The van der Waals surface area contributed by atoms with Gasteiger partial charge < -0.3 is 9.13 Å². The molecule has 0 spiro atoms. The molecule has 0 unspecified atom stereocenters. The molecular formula is C49H29N5S. The van der Waals surface area contributed by atoms with Crippen molar-refractivity contribution >= 4 is 86.0 Å². The van der Waals surface area contributed by atoms with Gasteiger partial charge in [-0.2, -0.15) is 0 Å². The summed E-state index contributed by atoms with van der Waals surface area (Å²) in [5.41, 5.74) is 11.3. The minimum absolute atomic E-state index is 0.737. The van der Waals surface area contributed by atoms with Crippen LogP contribution in [-0.4, -0.2) is 24.1 Å². The van der Waals surface area contributed by atoms with Crippen LogP contribution < -0.4 is 0 Å². The number of benzene rings is 7. The van der Waals surface area contributed by atoms with Crippen LogP contribution >= 0.6 is 11.3 Å². The maximum atomic E-state index is 4.92. The van der Waals surface area contributed by atoms with Gasteiger partial charge in [0, 0.05) is 82.6 Å². The van der Waals surface area contributed by atoms with Gasteiger partial charge in [0.15, 0.2) is 5.82 Å². The Balaban J connectivity index is 1.08. The van der Waals surface area contributed by atoms with Crippen molar-refractivity contribution in [3.05, 3.63) is 176 Å². The molecule has 0 saturated heterocycles. The zero-order valence-electron chi connectivity index (χ0n) is 29.4. The Morgan fingerprint density at radius 3 is 1.84 bits per heavy atom. The predicted octanol–water partition coefficient (Wildman–Crippen LogP) is 12.9. The number of thiophene rings is 1. The van der Waals surface area contributed by atoms with Crippen LogP contribution in [0.15, 0.2) is 176 Å². The van der Waals surface area contributed by atoms with Crippen molar-refractivity contribution in [2.24, 2.45) is 0 Å². The summed E-state index contributed by atoms with van der Waals surface area (Å²) in [7, 11) is 0. The van der Waals surface area contributed by atoms with Crippen LogP contribution in [0.25, 0.3) is 109 Å². The van der Waals surface area contributed by atoms with Crippen LogP contribution in [0.1, 0.15) is 0 Å². The highest BCUT2D eigenvalue weighted by atomic mass is 32.1. The van der Waals surface area contributed by atoms with Gasteiger partial charge in [0.2, 0.25) is 0 Å². The van der Waals surface area contributed by atoms with Crippen LogP contribution in [-0.2, 0) is 0 Å². The van der Waals surface area contributed by atoms with E-state index in [1.54, 1.807) is 0 Å². The minimum Gasteiger partial charge on any atom is -0.309 e. The van der Waals surface area contributed by atoms with E-state index in [-0.39, 0.29) is 0 Å². The van der Waals surface area contributed by atoms with Gasteiger partial charge in [-0.05, 0) is 90.0 Å². The average molecular weight is 720 g/mol. The average Bonchev–Trinajstić information content (AvgIpc) is 3.88. The predicted molar refractivity (Wildman–Crippen MR) is 230 cm³/mol. The number of rotatable bonds is 4. The monoisotopic (exact) mass is 719 g/mol. The molecule has 5 nitrogen and oxygen atoms in total. The summed E-state index contributed by atoms with van der Waals surface area (Å²) in [4.78, 5) is 13.9. The molecule has 6 heteroatoms. The van der Waals surface area contributed by atoms with Gasteiger partial charge in [-0.3, -0.25) is 4.98 Å². The summed E-state index contributed by atoms with van der Waals surface area (Å²) in [5.74, 6) is 0.737. The summed E-state index contributed by atoms with van der Waals surface area (Å²) in [6.45, 7) is 0. The third-order valence-electron chi connectivity index (χ3n) is 11.0. The fourth-order valence-electron chi connectivity index (χ4n) is 8.49. The molecule has 0 atom stereocenters. The van der Waals surface area contributed by atoms with E-state index in [2.05, 4.69) is 142 Å². The lowest BCUT2D eigenvalue weighted by Crippen LogP contribution is -1.95. The Kier molecular flexibility index (Phi) is 6.44. The third kappa shape index (κ3) is 4.62. The lowest BCUT2D eigenvalue weighted by molar-refractivity contribution is 1.18. The van der Waals surface area contributed by atoms with E-state index in [4.69, 9.17) is 9.97 Å². The maximum absolute atomic E-state index is 4.92. The number of fused-ring (bicyclic) bond motifs is 10. The molecule has 0 fully saturated rings. The maximum Gasteiger partial charge on any atom is 0.159 e. The summed E-state index contributed by atoms with van der Waals surface area (Å²) in [5, 5.41) is 8.56. The van der Waals surface area contributed by atoms with Crippen LogP contribution in [0.2, 0.25) is 0 Å². The highest BCUT2D eigenvalue weighted by Crippen LogP contribution is 2.44. The first-order chi connectivity index (χ1) is 27.2. The van der Waals surface area contributed by atoms with Gasteiger partial charge in [0.25, 0.3) is 0 Å². The summed E-state index contributed by atoms with van der Waals surface area (Å²) in [6, 6.07) is 56.8. The molecule has 12 rings (SSSR count). The van der Waals surface area contributed by atoms with E-state index >= 15 is 0 Å². The van der Waals surface area contributed by atoms with Crippen molar-refractivity contribution in [1.29, 1.82) is 0 Å². The fourth-order valence-corrected chi connectivity index (χ4v) is 9.63. The summed E-state index contributed by atoms with van der Waals surface area (Å²) in [6.07, 6.45) is 5.67. The van der Waals surface area contributed by atoms with E-state index in [0.29, 0.717) is 0 Å². The first-order valence-corrected chi connectivity index (χ1v) is 19.2. The molecule has 0 N–H and O–H groups in total. The highest BCUT2D eigenvalue weighted by Gasteiger charge is 2.19. The van der Waals surface area contributed by atoms with E-state index in [1.807, 2.05) is 60.3 Å². The van der Waals surface area contributed by atoms with Crippen LogP contribution in [0.4, 0.5) is 0 Å². The van der Waals surface area contributed by atoms with Crippen LogP contribution in [0.5, 0.6) is 0 Å². The zero-order valence-corrected chi connectivity index (χ0v) is 30.2. The second-order valence-corrected chi connectivity index (χ2v) is 15.2. The molecule has 0 aliphatic carbocycles. The van der Waals surface area contributed by atoms with Crippen LogP contribution in [0.3, 0.4) is 0 Å². The molecule has 0 aliphatic rings. The molecule has 256 valence electrons. The molecule has 12 aromatic rings. The summed E-state index contributed by atoms with van der Waals surface area (Å²) >= 11 is 1.87. The van der Waals surface area contributed by atoms with Crippen molar-refractivity contribution < 1.29 is 0 Å². The smallest absolute Gasteiger partial charge is 0.159 e. The van der Waals surface area contributed by atoms with Crippen molar-refractivity contribution in [2.75, 3.05) is 0 Å². The number of nitrogens with zero attached hydrogens (tertiary/aromatic N) is 5. The molecule has 0 radical (unpaired) electrons. The third-order valence-corrected chi connectivity index (χ3v) is 12.1. The van der Waals surface area contributed by atoms with Crippen molar-refractivity contribution in [2.45, 2.75) is 0 Å². The van der Waals surface area contributed by atoms with Gasteiger partial charge in [0.1, 0.15) is 0 Å². The number of aromatic nitrogens is 5. The van der Waals surface area contributed by atoms with Crippen molar-refractivity contribution in [3.8, 4) is 33.9 Å². The normalized spacial score (nSPS) is 12.0. The quantitative estimate of drug-likeness (QED) is 0.182.